The summed E-state index contributed by atoms with van der Waals surface area (Å²) in [5.41, 5.74) is 10.7. The molecule has 1 aromatic heterocycles. The van der Waals surface area contributed by atoms with Crippen molar-refractivity contribution in [1.82, 2.24) is 15.3 Å². The quantitative estimate of drug-likeness (QED) is 0.151. The summed E-state index contributed by atoms with van der Waals surface area (Å²) in [5.74, 6) is 1.27. The zero-order valence-corrected chi connectivity index (χ0v) is 25.5. The summed E-state index contributed by atoms with van der Waals surface area (Å²) >= 11 is 0. The number of benzene rings is 2. The number of carbonyl (C=O) groups is 1. The molecular formula is C32H43N7O4. The molecule has 0 saturated heterocycles. The minimum absolute atomic E-state index is 0.154. The third-order valence-corrected chi connectivity index (χ3v) is 7.78. The molecular weight excluding hydrogens is 546 g/mol. The van der Waals surface area contributed by atoms with Gasteiger partial charge in [0.2, 0.25) is 11.8 Å². The number of amides is 1. The molecule has 0 atom stereocenters. The van der Waals surface area contributed by atoms with Crippen LogP contribution in [-0.2, 0) is 17.8 Å². The number of nitro groups is 1. The number of carbonyl (C=O) groups excluding carboxylic acids is 1. The maximum Gasteiger partial charge on any atom is 0.407 e. The van der Waals surface area contributed by atoms with E-state index in [1.54, 1.807) is 0 Å². The van der Waals surface area contributed by atoms with Crippen LogP contribution in [0.3, 0.4) is 0 Å². The molecule has 0 radical (unpaired) electrons. The summed E-state index contributed by atoms with van der Waals surface area (Å²) in [7, 11) is 0. The van der Waals surface area contributed by atoms with Crippen molar-refractivity contribution in [2.45, 2.75) is 72.1 Å². The Morgan fingerprint density at radius 2 is 1.77 bits per heavy atom. The third-order valence-electron chi connectivity index (χ3n) is 7.78. The molecule has 11 nitrogen and oxygen atoms in total. The summed E-state index contributed by atoms with van der Waals surface area (Å²) in [5, 5.41) is 21.0. The lowest BCUT2D eigenvalue weighted by molar-refractivity contribution is -0.384. The van der Waals surface area contributed by atoms with Crippen molar-refractivity contribution in [2.24, 2.45) is 17.6 Å². The van der Waals surface area contributed by atoms with Gasteiger partial charge in [0, 0.05) is 26.2 Å². The fourth-order valence-corrected chi connectivity index (χ4v) is 5.37. The fourth-order valence-electron chi connectivity index (χ4n) is 5.37. The molecule has 11 heteroatoms. The van der Waals surface area contributed by atoms with Crippen molar-refractivity contribution in [3.05, 3.63) is 75.5 Å². The topological polar surface area (TPSA) is 157 Å². The lowest BCUT2D eigenvalue weighted by Crippen LogP contribution is -2.36. The molecule has 0 spiro atoms. The van der Waals surface area contributed by atoms with Crippen LogP contribution in [-0.4, -0.2) is 39.7 Å². The van der Waals surface area contributed by atoms with Gasteiger partial charge in [0.05, 0.1) is 4.92 Å². The molecule has 0 aliphatic heterocycles. The van der Waals surface area contributed by atoms with E-state index in [-0.39, 0.29) is 11.5 Å². The maximum atomic E-state index is 12.0. The van der Waals surface area contributed by atoms with Crippen molar-refractivity contribution in [2.75, 3.05) is 23.7 Å². The van der Waals surface area contributed by atoms with Gasteiger partial charge >= 0.3 is 11.8 Å². The van der Waals surface area contributed by atoms with Gasteiger partial charge in [-0.05, 0) is 99.1 Å². The molecule has 0 unspecified atom stereocenters. The number of ether oxygens (including phenoxy) is 1. The Morgan fingerprint density at radius 3 is 2.44 bits per heavy atom. The maximum absolute atomic E-state index is 12.0. The smallest absolute Gasteiger partial charge is 0.407 e. The number of nitrogens with two attached hydrogens (primary N) is 1. The lowest BCUT2D eigenvalue weighted by atomic mass is 9.82. The van der Waals surface area contributed by atoms with Gasteiger partial charge in [-0.1, -0.05) is 36.4 Å². The molecule has 3 aromatic rings. The zero-order chi connectivity index (χ0) is 31.0. The standard InChI is InChI=1S/C32H43N7O4/c1-21-26(9-6-10-27(21)25-8-5-7-24(15-25)16-33)19-35-30-36-20-28(39(41)42)29(38-30)34-17-22-11-13-23(14-12-22)18-37-31(40)43-32(2,3)4/h5-10,15,20,22-23H,11-14,16-19,33H2,1-4H3,(H,37,40)(H2,34,35,36,38). The molecule has 1 heterocycles. The Balaban J connectivity index is 1.33. The van der Waals surface area contributed by atoms with E-state index in [1.165, 1.54) is 6.20 Å². The molecule has 1 aliphatic rings. The highest BCUT2D eigenvalue weighted by molar-refractivity contribution is 5.69. The molecule has 2 aromatic carbocycles. The highest BCUT2D eigenvalue weighted by Crippen LogP contribution is 2.31. The number of rotatable bonds is 11. The second-order valence-electron chi connectivity index (χ2n) is 12.2. The van der Waals surface area contributed by atoms with Crippen LogP contribution in [0.15, 0.2) is 48.7 Å². The second-order valence-corrected chi connectivity index (χ2v) is 12.2. The highest BCUT2D eigenvalue weighted by atomic mass is 16.6. The molecule has 230 valence electrons. The first-order valence-corrected chi connectivity index (χ1v) is 14.9. The Kier molecular flexibility index (Phi) is 10.5. The minimum atomic E-state index is -0.520. The summed E-state index contributed by atoms with van der Waals surface area (Å²) in [4.78, 5) is 31.9. The van der Waals surface area contributed by atoms with Crippen molar-refractivity contribution in [1.29, 1.82) is 0 Å². The van der Waals surface area contributed by atoms with E-state index < -0.39 is 16.6 Å². The highest BCUT2D eigenvalue weighted by Gasteiger charge is 2.24. The Hall–Kier alpha value is -4.25. The lowest BCUT2D eigenvalue weighted by Gasteiger charge is -2.29. The number of nitrogens with zero attached hydrogens (tertiary/aromatic N) is 3. The van der Waals surface area contributed by atoms with Crippen molar-refractivity contribution in [3.63, 3.8) is 0 Å². The van der Waals surface area contributed by atoms with Gasteiger partial charge in [-0.2, -0.15) is 4.98 Å². The first-order valence-electron chi connectivity index (χ1n) is 14.9. The van der Waals surface area contributed by atoms with Crippen LogP contribution in [0, 0.1) is 28.9 Å². The molecule has 1 aliphatic carbocycles. The van der Waals surface area contributed by atoms with Gasteiger partial charge < -0.3 is 26.4 Å². The van der Waals surface area contributed by atoms with E-state index in [0.29, 0.717) is 44.0 Å². The van der Waals surface area contributed by atoms with Crippen LogP contribution in [0.1, 0.15) is 63.1 Å². The fraction of sp³-hybridized carbons (Fsp3) is 0.469. The Labute approximate surface area is 253 Å². The normalized spacial score (nSPS) is 16.8. The largest absolute Gasteiger partial charge is 0.444 e. The SMILES string of the molecule is Cc1c(CNc2ncc([N+](=O)[O-])c(NCC3CCC(CNC(=O)OC(C)(C)C)CC3)n2)cccc1-c1cccc(CN)c1. The number of hydrogen-bond acceptors (Lipinski definition) is 9. The van der Waals surface area contributed by atoms with Crippen LogP contribution >= 0.6 is 0 Å². The van der Waals surface area contributed by atoms with E-state index in [9.17, 15) is 14.9 Å². The van der Waals surface area contributed by atoms with Gasteiger partial charge in [0.25, 0.3) is 0 Å². The average Bonchev–Trinajstić information content (AvgIpc) is 2.98. The first kappa shape index (κ1) is 31.7. The summed E-state index contributed by atoms with van der Waals surface area (Å²) in [6, 6.07) is 14.3. The molecule has 1 fully saturated rings. The zero-order valence-electron chi connectivity index (χ0n) is 25.5. The van der Waals surface area contributed by atoms with Gasteiger partial charge in [-0.25, -0.2) is 9.78 Å². The number of anilines is 2. The van der Waals surface area contributed by atoms with Crippen molar-refractivity contribution in [3.8, 4) is 11.1 Å². The van der Waals surface area contributed by atoms with E-state index in [1.807, 2.05) is 45.0 Å². The van der Waals surface area contributed by atoms with Crippen LogP contribution in [0.4, 0.5) is 22.2 Å². The van der Waals surface area contributed by atoms with Gasteiger partial charge in [0.1, 0.15) is 11.8 Å². The number of aromatic nitrogens is 2. The summed E-state index contributed by atoms with van der Waals surface area (Å²) < 4.78 is 5.32. The monoisotopic (exact) mass is 589 g/mol. The summed E-state index contributed by atoms with van der Waals surface area (Å²) in [6.45, 7) is 9.72. The van der Waals surface area contributed by atoms with E-state index in [0.717, 1.165) is 53.5 Å². The van der Waals surface area contributed by atoms with E-state index in [2.05, 4.69) is 51.0 Å². The predicted octanol–water partition coefficient (Wildman–Crippen LogP) is 6.17. The molecule has 5 N–H and O–H groups in total. The third kappa shape index (κ3) is 9.12. The summed E-state index contributed by atoms with van der Waals surface area (Å²) in [6.07, 6.45) is 4.71. The molecule has 43 heavy (non-hydrogen) atoms. The van der Waals surface area contributed by atoms with Crippen molar-refractivity contribution >= 4 is 23.5 Å². The van der Waals surface area contributed by atoms with Crippen LogP contribution in [0.25, 0.3) is 11.1 Å². The molecule has 4 rings (SSSR count). The Morgan fingerprint density at radius 1 is 1.07 bits per heavy atom. The minimum Gasteiger partial charge on any atom is -0.444 e. The predicted molar refractivity (Wildman–Crippen MR) is 169 cm³/mol. The number of hydrogen-bond donors (Lipinski definition) is 4. The first-order chi connectivity index (χ1) is 20.5. The number of alkyl carbamates (subject to hydrolysis) is 1. The van der Waals surface area contributed by atoms with E-state index in [4.69, 9.17) is 10.5 Å². The molecule has 0 bridgehead atoms. The van der Waals surface area contributed by atoms with Crippen molar-refractivity contribution < 1.29 is 14.5 Å². The van der Waals surface area contributed by atoms with E-state index >= 15 is 0 Å². The van der Waals surface area contributed by atoms with Gasteiger partial charge in [0.15, 0.2) is 0 Å². The van der Waals surface area contributed by atoms with Crippen LogP contribution < -0.4 is 21.7 Å². The van der Waals surface area contributed by atoms with Gasteiger partial charge in [-0.15, -0.1) is 0 Å². The van der Waals surface area contributed by atoms with Gasteiger partial charge in [-0.3, -0.25) is 10.1 Å². The number of nitrogens with one attached hydrogen (secondary N) is 3. The van der Waals surface area contributed by atoms with Crippen LogP contribution in [0.2, 0.25) is 0 Å². The van der Waals surface area contributed by atoms with Crippen LogP contribution in [0.5, 0.6) is 0 Å². The Bertz CT molecular complexity index is 1420. The average molecular weight is 590 g/mol. The second kappa shape index (κ2) is 14.3. The molecule has 1 saturated carbocycles. The molecule has 1 amide bonds.